The summed E-state index contributed by atoms with van der Waals surface area (Å²) in [5.41, 5.74) is -0.623. The molecule has 1 heterocycles. The molecular weight excluding hydrogens is 226 g/mol. The minimum atomic E-state index is -1.12. The summed E-state index contributed by atoms with van der Waals surface area (Å²) in [6.07, 6.45) is 1.50. The lowest BCUT2D eigenvalue weighted by Crippen LogP contribution is -2.49. The van der Waals surface area contributed by atoms with E-state index in [9.17, 15) is 9.59 Å². The molecule has 1 rings (SSSR count). The number of ether oxygens (including phenoxy) is 2. The van der Waals surface area contributed by atoms with Gasteiger partial charge in [-0.25, -0.2) is 9.59 Å². The molecule has 1 amide bonds. The van der Waals surface area contributed by atoms with Gasteiger partial charge in [-0.05, 0) is 20.8 Å². The number of rotatable bonds is 2. The summed E-state index contributed by atoms with van der Waals surface area (Å²) < 4.78 is 10.1. The van der Waals surface area contributed by atoms with Crippen LogP contribution in [-0.4, -0.2) is 41.5 Å². The fraction of sp³-hybridized carbons (Fsp3) is 0.636. The fourth-order valence-corrected chi connectivity index (χ4v) is 1.36. The molecule has 17 heavy (non-hydrogen) atoms. The second-order valence-electron chi connectivity index (χ2n) is 4.69. The topological polar surface area (TPSA) is 84.9 Å². The molecule has 1 aliphatic rings. The van der Waals surface area contributed by atoms with Gasteiger partial charge in [-0.3, -0.25) is 0 Å². The predicted molar refractivity (Wildman–Crippen MR) is 59.7 cm³/mol. The van der Waals surface area contributed by atoms with Gasteiger partial charge in [-0.15, -0.1) is 0 Å². The lowest BCUT2D eigenvalue weighted by molar-refractivity contribution is -0.151. The van der Waals surface area contributed by atoms with Gasteiger partial charge in [0.15, 0.2) is 6.10 Å². The molecule has 96 valence electrons. The maximum atomic E-state index is 11.5. The maximum Gasteiger partial charge on any atom is 0.408 e. The zero-order valence-corrected chi connectivity index (χ0v) is 10.1. The van der Waals surface area contributed by atoms with E-state index in [1.54, 1.807) is 32.9 Å². The van der Waals surface area contributed by atoms with Crippen LogP contribution in [0.15, 0.2) is 12.2 Å². The Morgan fingerprint density at radius 2 is 2.12 bits per heavy atom. The molecule has 6 nitrogen and oxygen atoms in total. The van der Waals surface area contributed by atoms with Crippen LogP contribution in [0, 0.1) is 0 Å². The minimum Gasteiger partial charge on any atom is -0.479 e. The third-order valence-corrected chi connectivity index (χ3v) is 1.97. The third kappa shape index (κ3) is 4.44. The Balaban J connectivity index is 2.59. The van der Waals surface area contributed by atoms with Crippen molar-refractivity contribution in [1.29, 1.82) is 0 Å². The second kappa shape index (κ2) is 5.18. The van der Waals surface area contributed by atoms with E-state index in [-0.39, 0.29) is 6.61 Å². The molecule has 0 aromatic rings. The lowest BCUT2D eigenvalue weighted by Gasteiger charge is -2.27. The van der Waals surface area contributed by atoms with E-state index >= 15 is 0 Å². The lowest BCUT2D eigenvalue weighted by atomic mass is 10.1. The SMILES string of the molecule is CC(C)(C)OC(=O)NC1C=CCOC1C(=O)O. The summed E-state index contributed by atoms with van der Waals surface area (Å²) in [4.78, 5) is 22.4. The Kier molecular flexibility index (Phi) is 4.11. The van der Waals surface area contributed by atoms with Gasteiger partial charge in [0, 0.05) is 0 Å². The van der Waals surface area contributed by atoms with Crippen LogP contribution in [0.5, 0.6) is 0 Å². The van der Waals surface area contributed by atoms with Crippen molar-refractivity contribution in [2.24, 2.45) is 0 Å². The molecule has 2 unspecified atom stereocenters. The summed E-state index contributed by atoms with van der Waals surface area (Å²) >= 11 is 0. The van der Waals surface area contributed by atoms with Crippen LogP contribution in [0.3, 0.4) is 0 Å². The summed E-state index contributed by atoms with van der Waals surface area (Å²) in [5.74, 6) is -1.12. The van der Waals surface area contributed by atoms with E-state index in [1.807, 2.05) is 0 Å². The van der Waals surface area contributed by atoms with Gasteiger partial charge < -0.3 is 19.9 Å². The normalized spacial score (nSPS) is 24.2. The summed E-state index contributed by atoms with van der Waals surface area (Å²) in [6, 6.07) is -0.712. The highest BCUT2D eigenvalue weighted by molar-refractivity contribution is 5.76. The maximum absolute atomic E-state index is 11.5. The molecule has 0 aromatic carbocycles. The summed E-state index contributed by atoms with van der Waals surface area (Å²) in [5, 5.41) is 11.4. The number of carboxylic acid groups (broad SMARTS) is 1. The molecule has 0 saturated carbocycles. The zero-order chi connectivity index (χ0) is 13.1. The van der Waals surface area contributed by atoms with Crippen molar-refractivity contribution in [2.75, 3.05) is 6.61 Å². The number of carboxylic acids is 1. The molecule has 0 spiro atoms. The van der Waals surface area contributed by atoms with Crippen LogP contribution in [0.1, 0.15) is 20.8 Å². The summed E-state index contributed by atoms with van der Waals surface area (Å²) in [6.45, 7) is 5.42. The molecule has 0 aromatic heterocycles. The van der Waals surface area contributed by atoms with Gasteiger partial charge in [-0.2, -0.15) is 0 Å². The standard InChI is InChI=1S/C11H17NO5/c1-11(2,3)17-10(15)12-7-5-4-6-16-8(7)9(13)14/h4-5,7-8H,6H2,1-3H3,(H,12,15)(H,13,14). The van der Waals surface area contributed by atoms with E-state index in [0.29, 0.717) is 0 Å². The smallest absolute Gasteiger partial charge is 0.408 e. The minimum absolute atomic E-state index is 0.226. The first-order valence-corrected chi connectivity index (χ1v) is 5.30. The van der Waals surface area contributed by atoms with E-state index in [2.05, 4.69) is 5.32 Å². The fourth-order valence-electron chi connectivity index (χ4n) is 1.36. The number of alkyl carbamates (subject to hydrolysis) is 1. The van der Waals surface area contributed by atoms with E-state index in [4.69, 9.17) is 14.6 Å². The Hall–Kier alpha value is -1.56. The second-order valence-corrected chi connectivity index (χ2v) is 4.69. The molecule has 0 radical (unpaired) electrons. The number of hydrogen-bond acceptors (Lipinski definition) is 4. The van der Waals surface area contributed by atoms with Gasteiger partial charge in [0.1, 0.15) is 5.60 Å². The number of amides is 1. The van der Waals surface area contributed by atoms with Crippen molar-refractivity contribution in [2.45, 2.75) is 38.5 Å². The van der Waals surface area contributed by atoms with E-state index < -0.39 is 29.8 Å². The first-order valence-electron chi connectivity index (χ1n) is 5.30. The molecule has 1 aliphatic heterocycles. The molecule has 0 saturated heterocycles. The highest BCUT2D eigenvalue weighted by Crippen LogP contribution is 2.11. The van der Waals surface area contributed by atoms with Crippen LogP contribution in [0.2, 0.25) is 0 Å². The number of aliphatic carboxylic acids is 1. The van der Waals surface area contributed by atoms with Crippen molar-refractivity contribution >= 4 is 12.1 Å². The van der Waals surface area contributed by atoms with E-state index in [0.717, 1.165) is 0 Å². The Labute approximate surface area is 99.6 Å². The molecular formula is C11H17NO5. The Bertz CT molecular complexity index is 331. The van der Waals surface area contributed by atoms with Crippen LogP contribution in [0.25, 0.3) is 0 Å². The number of hydrogen-bond donors (Lipinski definition) is 2. The van der Waals surface area contributed by atoms with Gasteiger partial charge >= 0.3 is 12.1 Å². The zero-order valence-electron chi connectivity index (χ0n) is 10.1. The third-order valence-electron chi connectivity index (χ3n) is 1.97. The highest BCUT2D eigenvalue weighted by Gasteiger charge is 2.31. The van der Waals surface area contributed by atoms with Crippen LogP contribution < -0.4 is 5.32 Å². The molecule has 0 fully saturated rings. The van der Waals surface area contributed by atoms with Gasteiger partial charge in [0.05, 0.1) is 12.6 Å². The largest absolute Gasteiger partial charge is 0.479 e. The van der Waals surface area contributed by atoms with Crippen molar-refractivity contribution in [3.8, 4) is 0 Å². The molecule has 0 bridgehead atoms. The quantitative estimate of drug-likeness (QED) is 0.704. The molecule has 6 heteroatoms. The monoisotopic (exact) mass is 243 g/mol. The molecule has 0 aliphatic carbocycles. The van der Waals surface area contributed by atoms with Gasteiger partial charge in [-0.1, -0.05) is 12.2 Å². The Morgan fingerprint density at radius 3 is 2.65 bits per heavy atom. The van der Waals surface area contributed by atoms with Crippen LogP contribution >= 0.6 is 0 Å². The first kappa shape index (κ1) is 13.5. The van der Waals surface area contributed by atoms with Crippen molar-refractivity contribution in [3.05, 3.63) is 12.2 Å². The van der Waals surface area contributed by atoms with Gasteiger partial charge in [0.2, 0.25) is 0 Å². The first-order chi connectivity index (χ1) is 7.79. The van der Waals surface area contributed by atoms with E-state index in [1.165, 1.54) is 0 Å². The van der Waals surface area contributed by atoms with Crippen molar-refractivity contribution in [3.63, 3.8) is 0 Å². The van der Waals surface area contributed by atoms with Gasteiger partial charge in [0.25, 0.3) is 0 Å². The van der Waals surface area contributed by atoms with Crippen molar-refractivity contribution in [1.82, 2.24) is 5.32 Å². The highest BCUT2D eigenvalue weighted by atomic mass is 16.6. The number of carbonyl (C=O) groups is 2. The number of nitrogens with one attached hydrogen (secondary N) is 1. The summed E-state index contributed by atoms with van der Waals surface area (Å²) in [7, 11) is 0. The molecule has 2 atom stereocenters. The predicted octanol–water partition coefficient (Wildman–Crippen LogP) is 0.919. The molecule has 2 N–H and O–H groups in total. The van der Waals surface area contributed by atoms with Crippen molar-refractivity contribution < 1.29 is 24.2 Å². The average molecular weight is 243 g/mol. The Morgan fingerprint density at radius 1 is 1.47 bits per heavy atom. The average Bonchev–Trinajstić information content (AvgIpc) is 2.14. The van der Waals surface area contributed by atoms with Crippen LogP contribution in [0.4, 0.5) is 4.79 Å². The number of carbonyl (C=O) groups excluding carboxylic acids is 1. The van der Waals surface area contributed by atoms with Crippen LogP contribution in [-0.2, 0) is 14.3 Å².